The Morgan fingerprint density at radius 1 is 1.05 bits per heavy atom. The molecule has 0 saturated carbocycles. The highest BCUT2D eigenvalue weighted by Crippen LogP contribution is 2.32. The molecule has 0 radical (unpaired) electrons. The molecular formula is C15H17NO3. The van der Waals surface area contributed by atoms with Crippen LogP contribution in [-0.2, 0) is 9.59 Å². The van der Waals surface area contributed by atoms with Crippen molar-refractivity contribution in [2.75, 3.05) is 0 Å². The van der Waals surface area contributed by atoms with E-state index in [9.17, 15) is 9.59 Å². The predicted octanol–water partition coefficient (Wildman–Crippen LogP) is 2.66. The molecule has 1 aliphatic heterocycles. The van der Waals surface area contributed by atoms with Gasteiger partial charge >= 0.3 is 0 Å². The van der Waals surface area contributed by atoms with Crippen LogP contribution in [0, 0.1) is 13.8 Å². The van der Waals surface area contributed by atoms with Gasteiger partial charge in [0.2, 0.25) is 0 Å². The average Bonchev–Trinajstić information content (AvgIpc) is 2.77. The minimum atomic E-state index is -0.336. The van der Waals surface area contributed by atoms with Crippen molar-refractivity contribution in [1.82, 2.24) is 5.32 Å². The fraction of sp³-hybridized carbons (Fsp3) is 0.333. The van der Waals surface area contributed by atoms with Crippen molar-refractivity contribution in [2.24, 2.45) is 0 Å². The first kappa shape index (κ1) is 13.3. The summed E-state index contributed by atoms with van der Waals surface area (Å²) in [6.45, 7) is 9.20. The van der Waals surface area contributed by atoms with E-state index in [2.05, 4.69) is 5.32 Å². The van der Waals surface area contributed by atoms with Crippen molar-refractivity contribution >= 4 is 17.4 Å². The van der Waals surface area contributed by atoms with Crippen LogP contribution in [0.4, 0.5) is 0 Å². The van der Waals surface area contributed by atoms with Crippen molar-refractivity contribution in [3.63, 3.8) is 0 Å². The van der Waals surface area contributed by atoms with E-state index in [0.29, 0.717) is 11.1 Å². The molecule has 0 unspecified atom stereocenters. The van der Waals surface area contributed by atoms with Crippen molar-refractivity contribution in [2.45, 2.75) is 34.6 Å². The molecular weight excluding hydrogens is 242 g/mol. The van der Waals surface area contributed by atoms with Crippen LogP contribution in [0.1, 0.15) is 37.9 Å². The molecule has 0 spiro atoms. The molecule has 1 aromatic rings. The van der Waals surface area contributed by atoms with Gasteiger partial charge in [0, 0.05) is 5.56 Å². The third-order valence-corrected chi connectivity index (χ3v) is 3.25. The highest BCUT2D eigenvalue weighted by atomic mass is 16.3. The van der Waals surface area contributed by atoms with E-state index in [1.165, 1.54) is 0 Å². The third kappa shape index (κ3) is 2.14. The Morgan fingerprint density at radius 2 is 1.63 bits per heavy atom. The first-order valence-corrected chi connectivity index (χ1v) is 6.14. The Bertz CT molecular complexity index is 640. The van der Waals surface area contributed by atoms with Gasteiger partial charge in [-0.05, 0) is 46.3 Å². The fourth-order valence-electron chi connectivity index (χ4n) is 2.43. The fourth-order valence-corrected chi connectivity index (χ4v) is 2.43. The first-order chi connectivity index (χ1) is 8.82. The van der Waals surface area contributed by atoms with Crippen molar-refractivity contribution in [1.29, 1.82) is 0 Å². The summed E-state index contributed by atoms with van der Waals surface area (Å²) < 4.78 is 5.49. The normalized spacial score (nSPS) is 17.8. The Hall–Kier alpha value is -2.10. The van der Waals surface area contributed by atoms with Crippen LogP contribution in [0.3, 0.4) is 0 Å². The number of carbonyl (C=O) groups excluding carboxylic acids is 2. The maximum absolute atomic E-state index is 12.0. The van der Waals surface area contributed by atoms with Crippen molar-refractivity contribution in [3.05, 3.63) is 39.9 Å². The molecule has 2 rings (SSSR count). The molecule has 1 aromatic heterocycles. The van der Waals surface area contributed by atoms with Crippen LogP contribution in [-0.4, -0.2) is 11.8 Å². The second kappa shape index (κ2) is 4.53. The molecule has 0 bridgehead atoms. The Labute approximate surface area is 112 Å². The molecule has 0 aromatic carbocycles. The molecule has 1 saturated heterocycles. The minimum absolute atomic E-state index is 0.322. The Kier molecular flexibility index (Phi) is 3.18. The predicted molar refractivity (Wildman–Crippen MR) is 72.3 cm³/mol. The van der Waals surface area contributed by atoms with E-state index in [4.69, 9.17) is 4.42 Å². The second-order valence-corrected chi connectivity index (χ2v) is 4.99. The van der Waals surface area contributed by atoms with Crippen LogP contribution in [0.5, 0.6) is 0 Å². The number of hydrogen-bond acceptors (Lipinski definition) is 3. The summed E-state index contributed by atoms with van der Waals surface area (Å²) in [5.41, 5.74) is 3.40. The lowest BCUT2D eigenvalue weighted by Crippen LogP contribution is -2.20. The zero-order valence-electron chi connectivity index (χ0n) is 11.8. The number of carbonyl (C=O) groups is 2. The number of aryl methyl sites for hydroxylation is 2. The van der Waals surface area contributed by atoms with E-state index in [-0.39, 0.29) is 11.8 Å². The van der Waals surface area contributed by atoms with E-state index >= 15 is 0 Å². The van der Waals surface area contributed by atoms with Gasteiger partial charge in [-0.1, -0.05) is 5.57 Å². The summed E-state index contributed by atoms with van der Waals surface area (Å²) in [5.74, 6) is 0.882. The van der Waals surface area contributed by atoms with Gasteiger partial charge in [-0.3, -0.25) is 14.9 Å². The van der Waals surface area contributed by atoms with Crippen LogP contribution >= 0.6 is 0 Å². The van der Waals surface area contributed by atoms with Crippen molar-refractivity contribution < 1.29 is 14.0 Å². The number of rotatable bonds is 1. The summed E-state index contributed by atoms with van der Waals surface area (Å²) in [4.78, 5) is 23.8. The van der Waals surface area contributed by atoms with Crippen LogP contribution in [0.2, 0.25) is 0 Å². The average molecular weight is 259 g/mol. The van der Waals surface area contributed by atoms with Crippen LogP contribution < -0.4 is 5.32 Å². The quantitative estimate of drug-likeness (QED) is 0.623. The van der Waals surface area contributed by atoms with Gasteiger partial charge in [-0.15, -0.1) is 0 Å². The molecule has 1 N–H and O–H groups in total. The molecule has 19 heavy (non-hydrogen) atoms. The Balaban J connectivity index is 2.69. The van der Waals surface area contributed by atoms with E-state index < -0.39 is 0 Å². The summed E-state index contributed by atoms with van der Waals surface area (Å²) in [5, 5.41) is 2.35. The minimum Gasteiger partial charge on any atom is -0.466 e. The SMILES string of the molecule is CC(C)=C1C(=O)NC(=O)C1=C(C)c1cc(C)oc1C. The number of imide groups is 1. The smallest absolute Gasteiger partial charge is 0.259 e. The highest BCUT2D eigenvalue weighted by Gasteiger charge is 2.33. The molecule has 1 fully saturated rings. The molecule has 100 valence electrons. The molecule has 1 aliphatic rings. The lowest BCUT2D eigenvalue weighted by Gasteiger charge is -2.05. The standard InChI is InChI=1S/C15H17NO3/c1-7(2)12-13(15(18)16-14(12)17)9(4)11-6-8(3)19-10(11)5/h6H,1-5H3,(H,16,17,18). The largest absolute Gasteiger partial charge is 0.466 e. The molecule has 2 amide bonds. The van der Waals surface area contributed by atoms with Gasteiger partial charge in [-0.25, -0.2) is 0 Å². The van der Waals surface area contributed by atoms with E-state index in [1.807, 2.05) is 40.7 Å². The number of nitrogens with one attached hydrogen (secondary N) is 1. The van der Waals surface area contributed by atoms with Crippen molar-refractivity contribution in [3.8, 4) is 0 Å². The zero-order valence-corrected chi connectivity index (χ0v) is 11.8. The van der Waals surface area contributed by atoms with Gasteiger partial charge in [-0.2, -0.15) is 0 Å². The van der Waals surface area contributed by atoms with E-state index in [1.54, 1.807) is 0 Å². The molecule has 4 nitrogen and oxygen atoms in total. The first-order valence-electron chi connectivity index (χ1n) is 6.14. The van der Waals surface area contributed by atoms with Crippen LogP contribution in [0.25, 0.3) is 5.57 Å². The second-order valence-electron chi connectivity index (χ2n) is 4.99. The molecule has 0 aliphatic carbocycles. The number of amides is 2. The topological polar surface area (TPSA) is 59.3 Å². The number of allylic oxidation sites excluding steroid dienone is 2. The summed E-state index contributed by atoms with van der Waals surface area (Å²) in [7, 11) is 0. The number of furan rings is 1. The summed E-state index contributed by atoms with van der Waals surface area (Å²) >= 11 is 0. The maximum atomic E-state index is 12.0. The van der Waals surface area contributed by atoms with Gasteiger partial charge in [0.05, 0.1) is 11.1 Å². The van der Waals surface area contributed by atoms with Gasteiger partial charge in [0.25, 0.3) is 11.8 Å². The molecule has 2 heterocycles. The zero-order chi connectivity index (χ0) is 14.3. The van der Waals surface area contributed by atoms with Crippen LogP contribution in [0.15, 0.2) is 27.2 Å². The molecule has 4 heteroatoms. The number of hydrogen-bond donors (Lipinski definition) is 1. The van der Waals surface area contributed by atoms with E-state index in [0.717, 1.165) is 28.2 Å². The van der Waals surface area contributed by atoms with Gasteiger partial charge in [0.1, 0.15) is 11.5 Å². The summed E-state index contributed by atoms with van der Waals surface area (Å²) in [6.07, 6.45) is 0. The highest BCUT2D eigenvalue weighted by molar-refractivity contribution is 6.27. The van der Waals surface area contributed by atoms with Gasteiger partial charge in [0.15, 0.2) is 0 Å². The summed E-state index contributed by atoms with van der Waals surface area (Å²) in [6, 6.07) is 1.89. The lowest BCUT2D eigenvalue weighted by atomic mass is 9.95. The lowest BCUT2D eigenvalue weighted by molar-refractivity contribution is -0.123. The Morgan fingerprint density at radius 3 is 2.11 bits per heavy atom. The molecule has 0 atom stereocenters. The van der Waals surface area contributed by atoms with Gasteiger partial charge < -0.3 is 4.42 Å². The third-order valence-electron chi connectivity index (χ3n) is 3.25. The maximum Gasteiger partial charge on any atom is 0.259 e. The monoisotopic (exact) mass is 259 g/mol.